The molecule has 4 fully saturated rings. The van der Waals surface area contributed by atoms with Crippen LogP contribution in [0.2, 0.25) is 0 Å². The molecule has 1 aromatic heterocycles. The number of hydrogen-bond donors (Lipinski definition) is 0. The van der Waals surface area contributed by atoms with Gasteiger partial charge < -0.3 is 0 Å². The van der Waals surface area contributed by atoms with E-state index >= 15 is 0 Å². The molecule has 0 atom stereocenters. The van der Waals surface area contributed by atoms with Crippen molar-refractivity contribution >= 4 is 37.8 Å². The lowest BCUT2D eigenvalue weighted by molar-refractivity contribution is 0.833. The van der Waals surface area contributed by atoms with Crippen LogP contribution in [0.25, 0.3) is 0 Å². The van der Waals surface area contributed by atoms with Gasteiger partial charge in [0.15, 0.2) is 0 Å². The van der Waals surface area contributed by atoms with E-state index in [9.17, 15) is 0 Å². The lowest BCUT2D eigenvalue weighted by Crippen LogP contribution is -2.32. The van der Waals surface area contributed by atoms with Gasteiger partial charge in [-0.3, -0.25) is 0 Å². The van der Waals surface area contributed by atoms with Crippen LogP contribution < -0.4 is 10.6 Å². The van der Waals surface area contributed by atoms with Crippen LogP contribution in [0.15, 0.2) is 5.38 Å². The van der Waals surface area contributed by atoms with Crippen LogP contribution in [0.5, 0.6) is 0 Å². The average molecular weight is 449 g/mol. The van der Waals surface area contributed by atoms with Crippen molar-refractivity contribution in [1.82, 2.24) is 0 Å². The molecule has 0 unspecified atom stereocenters. The summed E-state index contributed by atoms with van der Waals surface area (Å²) in [5, 5.41) is 6.82. The van der Waals surface area contributed by atoms with Crippen molar-refractivity contribution in [2.75, 3.05) is 0 Å². The molecule has 0 aliphatic heterocycles. The fourth-order valence-electron chi connectivity index (χ4n) is 7.18. The van der Waals surface area contributed by atoms with E-state index in [1.54, 1.807) is 51.4 Å². The number of rotatable bonds is 7. The highest BCUT2D eigenvalue weighted by molar-refractivity contribution is 7.74. The molecular weight excluding hydrogens is 406 g/mol. The van der Waals surface area contributed by atoms with Crippen LogP contribution in [0.3, 0.4) is 0 Å². The largest absolute Gasteiger partial charge is 0.148 e. The molecule has 4 aliphatic carbocycles. The van der Waals surface area contributed by atoms with E-state index in [0.29, 0.717) is 0 Å². The van der Waals surface area contributed by atoms with Gasteiger partial charge in [-0.15, -0.1) is 11.3 Å². The molecule has 0 nitrogen and oxygen atoms in total. The van der Waals surface area contributed by atoms with E-state index in [1.165, 1.54) is 57.8 Å². The third kappa shape index (κ3) is 4.41. The Kier molecular flexibility index (Phi) is 7.39. The van der Waals surface area contributed by atoms with Crippen LogP contribution in [0.1, 0.15) is 115 Å². The molecule has 0 bridgehead atoms. The minimum absolute atomic E-state index is 0.0970. The smallest absolute Gasteiger partial charge is 0.0126 e. The van der Waals surface area contributed by atoms with Crippen LogP contribution in [0, 0.1) is 0 Å². The first kappa shape index (κ1) is 21.4. The lowest BCUT2D eigenvalue weighted by Gasteiger charge is -2.36. The number of hydrogen-bond acceptors (Lipinski definition) is 1. The summed E-state index contributed by atoms with van der Waals surface area (Å²) >= 11 is 2.20. The summed E-state index contributed by atoms with van der Waals surface area (Å²) in [6, 6.07) is 0. The van der Waals surface area contributed by atoms with Gasteiger partial charge in [0.2, 0.25) is 0 Å². The fourth-order valence-corrected chi connectivity index (χ4v) is 17.5. The Hall–Kier alpha value is 0.560. The van der Waals surface area contributed by atoms with Crippen LogP contribution in [0.4, 0.5) is 0 Å². The molecule has 0 radical (unpaired) electrons. The van der Waals surface area contributed by atoms with Gasteiger partial charge in [0.05, 0.1) is 0 Å². The predicted molar refractivity (Wildman–Crippen MR) is 136 cm³/mol. The third-order valence-corrected chi connectivity index (χ3v) is 17.3. The maximum Gasteiger partial charge on any atom is 0.0126 e. The van der Waals surface area contributed by atoms with Crippen LogP contribution in [-0.4, -0.2) is 22.6 Å². The molecule has 3 heteroatoms. The number of thiophene rings is 1. The second kappa shape index (κ2) is 10.0. The summed E-state index contributed by atoms with van der Waals surface area (Å²) in [6.07, 6.45) is 26.0. The van der Waals surface area contributed by atoms with E-state index in [4.69, 9.17) is 0 Å². The van der Waals surface area contributed by atoms with Gasteiger partial charge in [0.25, 0.3) is 0 Å². The lowest BCUT2D eigenvalue weighted by atomic mass is 10.3. The minimum Gasteiger partial charge on any atom is -0.148 e. The molecule has 0 N–H and O–H groups in total. The van der Waals surface area contributed by atoms with E-state index in [1.807, 2.05) is 10.2 Å². The van der Waals surface area contributed by atoms with Crippen molar-refractivity contribution in [2.24, 2.45) is 0 Å². The monoisotopic (exact) mass is 448 g/mol. The fraction of sp³-hybridized carbons (Fsp3) is 0.846. The second-order valence-corrected chi connectivity index (χ2v) is 16.8. The van der Waals surface area contributed by atoms with Gasteiger partial charge in [-0.25, -0.2) is 0 Å². The van der Waals surface area contributed by atoms with Crippen LogP contribution >= 0.6 is 27.2 Å². The molecule has 0 amide bonds. The Morgan fingerprint density at radius 2 is 1.03 bits per heavy atom. The van der Waals surface area contributed by atoms with Crippen LogP contribution in [-0.2, 0) is 6.42 Å². The first-order valence-electron chi connectivity index (χ1n) is 13.0. The summed E-state index contributed by atoms with van der Waals surface area (Å²) in [4.78, 5) is 1.84. The molecule has 1 heterocycles. The van der Waals surface area contributed by atoms with Crippen molar-refractivity contribution < 1.29 is 0 Å². The maximum atomic E-state index is 2.76. The summed E-state index contributed by atoms with van der Waals surface area (Å²) in [6.45, 7) is 2.46. The minimum atomic E-state index is 0.0970. The molecule has 0 saturated heterocycles. The second-order valence-electron chi connectivity index (χ2n) is 10.3. The predicted octanol–water partition coefficient (Wildman–Crippen LogP) is 8.30. The first-order valence-corrected chi connectivity index (χ1v) is 16.9. The Morgan fingerprint density at radius 3 is 1.41 bits per heavy atom. The SMILES string of the molecule is CCc1scc(P(C2CCCC2)C2CCCC2)c1P(C1CCCC1)C1CCCC1. The molecule has 4 aliphatic rings. The Labute approximate surface area is 186 Å². The topological polar surface area (TPSA) is 0 Å². The standard InChI is InChI=1S/C26H42P2S/c1-2-25-26(28(22-15-7-8-16-22)23-17-9-10-18-23)24(19-29-25)27(20-11-3-4-12-20)21-13-5-6-14-21/h19-23H,2-18H2,1H3. The van der Waals surface area contributed by atoms with E-state index < -0.39 is 0 Å². The zero-order valence-electron chi connectivity index (χ0n) is 18.7. The van der Waals surface area contributed by atoms with E-state index in [2.05, 4.69) is 28.9 Å². The molecule has 29 heavy (non-hydrogen) atoms. The summed E-state index contributed by atoms with van der Waals surface area (Å²) in [5.74, 6) is 0. The zero-order valence-corrected chi connectivity index (χ0v) is 21.3. The zero-order chi connectivity index (χ0) is 19.6. The van der Waals surface area contributed by atoms with Crippen molar-refractivity contribution in [2.45, 2.75) is 139 Å². The summed E-state index contributed by atoms with van der Waals surface area (Å²) < 4.78 is 0. The van der Waals surface area contributed by atoms with Gasteiger partial charge in [-0.05, 0) is 96.4 Å². The van der Waals surface area contributed by atoms with Crippen molar-refractivity contribution in [1.29, 1.82) is 0 Å². The Morgan fingerprint density at radius 1 is 0.655 bits per heavy atom. The van der Waals surface area contributed by atoms with Gasteiger partial charge in [-0.1, -0.05) is 74.1 Å². The van der Waals surface area contributed by atoms with Gasteiger partial charge >= 0.3 is 0 Å². The summed E-state index contributed by atoms with van der Waals surface area (Å²) in [7, 11) is 0.199. The van der Waals surface area contributed by atoms with Gasteiger partial charge in [0.1, 0.15) is 0 Å². The quantitative estimate of drug-likeness (QED) is 0.368. The van der Waals surface area contributed by atoms with E-state index in [0.717, 1.165) is 22.6 Å². The highest BCUT2D eigenvalue weighted by atomic mass is 32.1. The first-order chi connectivity index (χ1) is 14.4. The highest BCUT2D eigenvalue weighted by Crippen LogP contribution is 2.61. The molecular formula is C26H42P2S. The van der Waals surface area contributed by atoms with Crippen molar-refractivity contribution in [3.63, 3.8) is 0 Å². The number of aryl methyl sites for hydroxylation is 1. The summed E-state index contributed by atoms with van der Waals surface area (Å²) in [5.41, 5.74) is 4.32. The molecule has 4 saturated carbocycles. The third-order valence-electron chi connectivity index (χ3n) is 8.55. The van der Waals surface area contributed by atoms with Gasteiger partial charge in [-0.2, -0.15) is 0 Å². The molecule has 0 spiro atoms. The molecule has 0 aromatic carbocycles. The van der Waals surface area contributed by atoms with Gasteiger partial charge in [0, 0.05) is 4.88 Å². The van der Waals surface area contributed by atoms with E-state index in [-0.39, 0.29) is 15.8 Å². The van der Waals surface area contributed by atoms with Crippen molar-refractivity contribution in [3.05, 3.63) is 10.3 Å². The molecule has 1 aromatic rings. The normalized spacial score (nSPS) is 25.5. The Bertz CT molecular complexity index is 612. The molecule has 162 valence electrons. The Balaban J connectivity index is 1.56. The maximum absolute atomic E-state index is 2.76. The van der Waals surface area contributed by atoms with Crippen molar-refractivity contribution in [3.8, 4) is 0 Å². The highest BCUT2D eigenvalue weighted by Gasteiger charge is 2.41. The molecule has 5 rings (SSSR count). The average Bonchev–Trinajstić information content (AvgIpc) is 3.55.